The Bertz CT molecular complexity index is 1740. The second kappa shape index (κ2) is 14.5. The van der Waals surface area contributed by atoms with Crippen molar-refractivity contribution >= 4 is 54.5 Å². The molecule has 0 aliphatic heterocycles. The first kappa shape index (κ1) is 32.8. The molecule has 17 nitrogen and oxygen atoms in total. The third-order valence-corrected chi connectivity index (χ3v) is 8.63. The van der Waals surface area contributed by atoms with E-state index in [1.807, 2.05) is 0 Å². The van der Waals surface area contributed by atoms with Gasteiger partial charge in [0.2, 0.25) is 9.47 Å². The van der Waals surface area contributed by atoms with Gasteiger partial charge in [-0.15, -0.1) is 20.3 Å². The number of esters is 2. The van der Waals surface area contributed by atoms with Gasteiger partial charge in [-0.1, -0.05) is 29.5 Å². The molecule has 1 aromatic heterocycles. The summed E-state index contributed by atoms with van der Waals surface area (Å²) >= 11 is 0.410. The van der Waals surface area contributed by atoms with Crippen LogP contribution in [0.2, 0.25) is 0 Å². The zero-order chi connectivity index (χ0) is 31.6. The molecular formula is C23H23N5O12S3. The van der Waals surface area contributed by atoms with Crippen LogP contribution in [-0.2, 0) is 34.4 Å². The lowest BCUT2D eigenvalue weighted by atomic mass is 10.2. The maximum atomic E-state index is 12.8. The van der Waals surface area contributed by atoms with Gasteiger partial charge in [0.25, 0.3) is 25.1 Å². The van der Waals surface area contributed by atoms with E-state index in [0.717, 1.165) is 6.07 Å². The standard InChI is InChI=1S/C23H23N5O12S3/c1-37-19-13-15(5-3-11-38-20(29)8-4-12-39-28(31)32)9-10-18(19)40-21(30)16-6-2-7-17(14-16)43(35,36)27-22-25-26-23(41-22)42(24,33)34/h2-3,5-7,9-10,13-14H,4,8,11-12H2,1H3,(H,25,27)(H2,24,33,34)/b5-3+. The molecule has 3 rings (SSSR count). The van der Waals surface area contributed by atoms with E-state index >= 15 is 0 Å². The number of benzene rings is 2. The van der Waals surface area contributed by atoms with E-state index in [4.69, 9.17) is 19.3 Å². The predicted octanol–water partition coefficient (Wildman–Crippen LogP) is 1.76. The fourth-order valence-electron chi connectivity index (χ4n) is 3.11. The topological polar surface area (TPSA) is 246 Å². The van der Waals surface area contributed by atoms with Crippen molar-refractivity contribution in [2.45, 2.75) is 22.1 Å². The van der Waals surface area contributed by atoms with Crippen LogP contribution in [0.4, 0.5) is 5.13 Å². The molecule has 3 aromatic rings. The zero-order valence-electron chi connectivity index (χ0n) is 22.1. The molecule has 43 heavy (non-hydrogen) atoms. The van der Waals surface area contributed by atoms with E-state index in [2.05, 4.69) is 19.8 Å². The number of methoxy groups -OCH3 is 1. The van der Waals surface area contributed by atoms with Gasteiger partial charge in [0.15, 0.2) is 11.5 Å². The van der Waals surface area contributed by atoms with Crippen molar-refractivity contribution in [2.75, 3.05) is 25.0 Å². The van der Waals surface area contributed by atoms with Crippen molar-refractivity contribution in [1.29, 1.82) is 0 Å². The summed E-state index contributed by atoms with van der Waals surface area (Å²) in [7, 11) is -7.13. The number of sulfonamides is 2. The highest BCUT2D eigenvalue weighted by molar-refractivity contribution is 7.93. The molecule has 2 aromatic carbocycles. The van der Waals surface area contributed by atoms with Crippen LogP contribution >= 0.6 is 11.3 Å². The van der Waals surface area contributed by atoms with Gasteiger partial charge in [0.05, 0.1) is 24.2 Å². The summed E-state index contributed by atoms with van der Waals surface area (Å²) in [4.78, 5) is 38.3. The number of aromatic nitrogens is 2. The molecule has 20 heteroatoms. The lowest BCUT2D eigenvalue weighted by Gasteiger charge is -2.11. The Kier molecular flexibility index (Phi) is 11.1. The van der Waals surface area contributed by atoms with Gasteiger partial charge < -0.3 is 19.0 Å². The Morgan fingerprint density at radius 3 is 2.56 bits per heavy atom. The van der Waals surface area contributed by atoms with Crippen molar-refractivity contribution < 1.29 is 50.6 Å². The summed E-state index contributed by atoms with van der Waals surface area (Å²) < 4.78 is 65.4. The monoisotopic (exact) mass is 657 g/mol. The maximum absolute atomic E-state index is 12.8. The molecule has 0 spiro atoms. The molecule has 0 atom stereocenters. The van der Waals surface area contributed by atoms with Crippen LogP contribution < -0.4 is 19.3 Å². The molecule has 0 bridgehead atoms. The number of anilines is 1. The summed E-state index contributed by atoms with van der Waals surface area (Å²) in [5, 5.41) is 20.5. The van der Waals surface area contributed by atoms with Gasteiger partial charge in [-0.3, -0.25) is 9.52 Å². The Morgan fingerprint density at radius 2 is 1.88 bits per heavy atom. The van der Waals surface area contributed by atoms with E-state index in [9.17, 15) is 36.5 Å². The zero-order valence-corrected chi connectivity index (χ0v) is 24.5. The molecular weight excluding hydrogens is 634 g/mol. The average molecular weight is 658 g/mol. The van der Waals surface area contributed by atoms with E-state index < -0.39 is 41.4 Å². The summed E-state index contributed by atoms with van der Waals surface area (Å²) in [5.74, 6) is -1.25. The number of nitrogens with one attached hydrogen (secondary N) is 1. The Balaban J connectivity index is 1.62. The average Bonchev–Trinajstić information content (AvgIpc) is 3.42. The van der Waals surface area contributed by atoms with E-state index in [1.165, 1.54) is 31.4 Å². The van der Waals surface area contributed by atoms with Crippen molar-refractivity contribution in [3.8, 4) is 11.5 Å². The maximum Gasteiger partial charge on any atom is 0.343 e. The highest BCUT2D eigenvalue weighted by Gasteiger charge is 2.22. The largest absolute Gasteiger partial charge is 0.493 e. The predicted molar refractivity (Wildman–Crippen MR) is 149 cm³/mol. The number of carbonyl (C=O) groups excluding carboxylic acids is 2. The number of nitrogens with two attached hydrogens (primary N) is 1. The molecule has 0 saturated carbocycles. The Morgan fingerprint density at radius 1 is 1.12 bits per heavy atom. The normalized spacial score (nSPS) is 11.6. The first-order chi connectivity index (χ1) is 20.3. The summed E-state index contributed by atoms with van der Waals surface area (Å²) in [6, 6.07) is 9.44. The third kappa shape index (κ3) is 9.99. The van der Waals surface area contributed by atoms with Crippen LogP contribution in [0.15, 0.2) is 57.8 Å². The smallest absolute Gasteiger partial charge is 0.343 e. The van der Waals surface area contributed by atoms with Crippen molar-refractivity contribution in [3.63, 3.8) is 0 Å². The quantitative estimate of drug-likeness (QED) is 0.0777. The van der Waals surface area contributed by atoms with Crippen LogP contribution in [0.3, 0.4) is 0 Å². The van der Waals surface area contributed by atoms with Gasteiger partial charge in [0.1, 0.15) is 6.61 Å². The van der Waals surface area contributed by atoms with E-state index in [0.29, 0.717) is 16.9 Å². The first-order valence-corrected chi connectivity index (χ1v) is 15.6. The number of hydrogen-bond acceptors (Lipinski definition) is 15. The second-order valence-corrected chi connectivity index (χ2v) is 12.5. The van der Waals surface area contributed by atoms with Crippen LogP contribution in [0.5, 0.6) is 11.5 Å². The van der Waals surface area contributed by atoms with Gasteiger partial charge in [-0.05, 0) is 48.4 Å². The molecule has 0 aliphatic rings. The highest BCUT2D eigenvalue weighted by atomic mass is 32.2. The van der Waals surface area contributed by atoms with E-state index in [-0.39, 0.29) is 53.1 Å². The number of carbonyl (C=O) groups is 2. The number of nitrogens with zero attached hydrogens (tertiary/aromatic N) is 3. The number of rotatable bonds is 15. The molecule has 1 heterocycles. The van der Waals surface area contributed by atoms with Crippen LogP contribution in [0, 0.1) is 10.1 Å². The van der Waals surface area contributed by atoms with Crippen molar-refractivity contribution in [2.24, 2.45) is 5.14 Å². The van der Waals surface area contributed by atoms with Gasteiger partial charge >= 0.3 is 11.9 Å². The minimum atomic E-state index is -4.30. The van der Waals surface area contributed by atoms with Gasteiger partial charge in [0, 0.05) is 6.42 Å². The number of hydrogen-bond donors (Lipinski definition) is 2. The second-order valence-electron chi connectivity index (χ2n) is 8.10. The molecule has 0 radical (unpaired) electrons. The molecule has 0 unspecified atom stereocenters. The lowest BCUT2D eigenvalue weighted by molar-refractivity contribution is -0.757. The molecule has 0 fully saturated rings. The SMILES string of the molecule is COc1cc(/C=C/COC(=O)CCCO[N+](=O)[O-])ccc1OC(=O)c1cccc(S(=O)(=O)Nc2nnc(S(N)(=O)=O)s2)c1. The van der Waals surface area contributed by atoms with Crippen LogP contribution in [0.1, 0.15) is 28.8 Å². The summed E-state index contributed by atoms with van der Waals surface area (Å²) in [5.41, 5.74) is 0.483. The number of primary sulfonamides is 1. The Hall–Kier alpha value is -4.66. The Labute approximate surface area is 248 Å². The van der Waals surface area contributed by atoms with Crippen LogP contribution in [-0.4, -0.2) is 64.4 Å². The molecule has 0 amide bonds. The lowest BCUT2D eigenvalue weighted by Crippen LogP contribution is -2.15. The summed E-state index contributed by atoms with van der Waals surface area (Å²) in [6.45, 7) is -0.276. The van der Waals surface area contributed by atoms with Crippen LogP contribution in [0.25, 0.3) is 6.08 Å². The molecule has 0 aliphatic carbocycles. The third-order valence-electron chi connectivity index (χ3n) is 5.01. The van der Waals surface area contributed by atoms with Crippen molar-refractivity contribution in [1.82, 2.24) is 10.2 Å². The van der Waals surface area contributed by atoms with Gasteiger partial charge in [-0.25, -0.2) is 26.8 Å². The summed E-state index contributed by atoms with van der Waals surface area (Å²) in [6.07, 6.45) is 3.24. The van der Waals surface area contributed by atoms with Gasteiger partial charge in [-0.2, -0.15) is 0 Å². The minimum Gasteiger partial charge on any atom is -0.493 e. The number of ether oxygens (including phenoxy) is 3. The fourth-order valence-corrected chi connectivity index (χ4v) is 5.72. The molecule has 3 N–H and O–H groups in total. The first-order valence-electron chi connectivity index (χ1n) is 11.8. The van der Waals surface area contributed by atoms with E-state index in [1.54, 1.807) is 24.3 Å². The molecule has 0 saturated heterocycles. The van der Waals surface area contributed by atoms with Crippen molar-refractivity contribution in [3.05, 3.63) is 69.8 Å². The highest BCUT2D eigenvalue weighted by Crippen LogP contribution is 2.30. The minimum absolute atomic E-state index is 0.0313. The molecule has 230 valence electrons. The fraction of sp³-hybridized carbons (Fsp3) is 0.217.